The molecule has 0 N–H and O–H groups in total. The third-order valence-electron chi connectivity index (χ3n) is 14.5. The van der Waals surface area contributed by atoms with Crippen LogP contribution in [0.4, 0.5) is 0 Å². The lowest BCUT2D eigenvalue weighted by Gasteiger charge is -2.18. The Balaban J connectivity index is 4.17. The van der Waals surface area contributed by atoms with Crippen molar-refractivity contribution in [2.45, 2.75) is 367 Å². The summed E-state index contributed by atoms with van der Waals surface area (Å²) < 4.78 is 16.9. The van der Waals surface area contributed by atoms with Crippen LogP contribution >= 0.6 is 0 Å². The number of carbonyl (C=O) groups excluding carboxylic acids is 3. The molecule has 0 radical (unpaired) electrons. The molecule has 1 unspecified atom stereocenters. The fourth-order valence-electron chi connectivity index (χ4n) is 9.74. The third kappa shape index (κ3) is 57.1. The summed E-state index contributed by atoms with van der Waals surface area (Å²) in [5.74, 6) is -0.848. The van der Waals surface area contributed by atoms with E-state index in [0.29, 0.717) is 19.3 Å². The summed E-state index contributed by atoms with van der Waals surface area (Å²) in [6.07, 6.45) is 69.4. The average molecular weight is 988 g/mol. The first-order valence-corrected chi connectivity index (χ1v) is 31.7. The van der Waals surface area contributed by atoms with Crippen LogP contribution in [0.5, 0.6) is 0 Å². The van der Waals surface area contributed by atoms with Crippen molar-refractivity contribution >= 4 is 17.9 Å². The van der Waals surface area contributed by atoms with Gasteiger partial charge in [0.05, 0.1) is 0 Å². The molecule has 0 amide bonds. The van der Waals surface area contributed by atoms with Gasteiger partial charge in [0.1, 0.15) is 13.2 Å². The van der Waals surface area contributed by atoms with E-state index in [1.807, 2.05) is 0 Å². The Morgan fingerprint density at radius 1 is 0.271 bits per heavy atom. The summed E-state index contributed by atoms with van der Waals surface area (Å²) in [5.41, 5.74) is 0. The maximum absolute atomic E-state index is 12.9. The fourth-order valence-corrected chi connectivity index (χ4v) is 9.74. The Kier molecular flexibility index (Phi) is 58.1. The molecule has 6 nitrogen and oxygen atoms in total. The standard InChI is InChI=1S/C64H122O6/c1-4-7-10-13-16-19-22-25-27-28-29-30-31-32-33-34-35-36-38-39-42-45-48-51-54-57-63(66)69-60-61(59-68-62(65)56-53-50-47-44-41-24-21-18-15-12-9-6-3)70-64(67)58-55-52-49-46-43-40-37-26-23-20-17-14-11-8-5-2/h18,21,61H,4-17,19-20,22-60H2,1-3H3/b21-18-. The summed E-state index contributed by atoms with van der Waals surface area (Å²) in [6.45, 7) is 6.68. The number of ether oxygens (including phenoxy) is 3. The first-order valence-electron chi connectivity index (χ1n) is 31.7. The van der Waals surface area contributed by atoms with Crippen molar-refractivity contribution in [3.8, 4) is 0 Å². The van der Waals surface area contributed by atoms with Crippen LogP contribution in [-0.2, 0) is 28.6 Å². The smallest absolute Gasteiger partial charge is 0.306 e. The highest BCUT2D eigenvalue weighted by Gasteiger charge is 2.19. The first kappa shape index (κ1) is 68.2. The molecular weight excluding hydrogens is 865 g/mol. The van der Waals surface area contributed by atoms with Gasteiger partial charge in [0.2, 0.25) is 0 Å². The van der Waals surface area contributed by atoms with Gasteiger partial charge >= 0.3 is 17.9 Å². The van der Waals surface area contributed by atoms with Crippen molar-refractivity contribution in [1.29, 1.82) is 0 Å². The minimum atomic E-state index is -0.768. The number of hydrogen-bond donors (Lipinski definition) is 0. The Bertz CT molecular complexity index is 1090. The van der Waals surface area contributed by atoms with Gasteiger partial charge in [0, 0.05) is 19.3 Å². The molecule has 0 aromatic rings. The topological polar surface area (TPSA) is 78.9 Å². The van der Waals surface area contributed by atoms with Gasteiger partial charge in [-0.3, -0.25) is 14.4 Å². The highest BCUT2D eigenvalue weighted by molar-refractivity contribution is 5.71. The van der Waals surface area contributed by atoms with Crippen LogP contribution in [0.3, 0.4) is 0 Å². The molecule has 0 aliphatic carbocycles. The lowest BCUT2D eigenvalue weighted by molar-refractivity contribution is -0.167. The minimum absolute atomic E-state index is 0.0663. The summed E-state index contributed by atoms with van der Waals surface area (Å²) >= 11 is 0. The number of hydrogen-bond acceptors (Lipinski definition) is 6. The molecule has 0 aromatic carbocycles. The minimum Gasteiger partial charge on any atom is -0.462 e. The molecule has 70 heavy (non-hydrogen) atoms. The number of unbranched alkanes of at least 4 members (excludes halogenated alkanes) is 46. The number of rotatable bonds is 59. The van der Waals surface area contributed by atoms with Crippen LogP contribution in [0.1, 0.15) is 361 Å². The molecule has 0 aliphatic rings. The highest BCUT2D eigenvalue weighted by atomic mass is 16.6. The number of esters is 3. The second-order valence-electron chi connectivity index (χ2n) is 21.7. The van der Waals surface area contributed by atoms with Gasteiger partial charge in [0.15, 0.2) is 6.10 Å². The summed E-state index contributed by atoms with van der Waals surface area (Å²) in [7, 11) is 0. The van der Waals surface area contributed by atoms with E-state index >= 15 is 0 Å². The quantitative estimate of drug-likeness (QED) is 0.0261. The summed E-state index contributed by atoms with van der Waals surface area (Å²) in [6, 6.07) is 0. The molecule has 0 rings (SSSR count). The van der Waals surface area contributed by atoms with Crippen LogP contribution in [0.15, 0.2) is 12.2 Å². The van der Waals surface area contributed by atoms with E-state index in [9.17, 15) is 14.4 Å². The van der Waals surface area contributed by atoms with Gasteiger partial charge in [-0.1, -0.05) is 309 Å². The van der Waals surface area contributed by atoms with Crippen molar-refractivity contribution in [1.82, 2.24) is 0 Å². The second kappa shape index (κ2) is 59.7. The van der Waals surface area contributed by atoms with Crippen LogP contribution in [0.2, 0.25) is 0 Å². The molecule has 0 aromatic heterocycles. The lowest BCUT2D eigenvalue weighted by Crippen LogP contribution is -2.30. The van der Waals surface area contributed by atoms with E-state index in [2.05, 4.69) is 32.9 Å². The van der Waals surface area contributed by atoms with Crippen LogP contribution in [-0.4, -0.2) is 37.2 Å². The van der Waals surface area contributed by atoms with E-state index in [-0.39, 0.29) is 31.1 Å². The van der Waals surface area contributed by atoms with Crippen LogP contribution in [0, 0.1) is 0 Å². The van der Waals surface area contributed by atoms with Crippen molar-refractivity contribution < 1.29 is 28.6 Å². The SMILES string of the molecule is CCCCC/C=C\CCCCCCCC(=O)OCC(COC(=O)CCCCCCCCCCCCCCCCCCCCCCCCCCC)OC(=O)CCCCCCCCCCCCCCCCC. The summed E-state index contributed by atoms with van der Waals surface area (Å²) in [4.78, 5) is 38.2. The average Bonchev–Trinajstić information content (AvgIpc) is 3.36. The molecule has 0 fully saturated rings. The molecule has 6 heteroatoms. The lowest BCUT2D eigenvalue weighted by atomic mass is 10.0. The van der Waals surface area contributed by atoms with Crippen LogP contribution in [0.25, 0.3) is 0 Å². The van der Waals surface area contributed by atoms with Crippen molar-refractivity contribution in [3.63, 3.8) is 0 Å². The maximum Gasteiger partial charge on any atom is 0.306 e. The van der Waals surface area contributed by atoms with Gasteiger partial charge in [0.25, 0.3) is 0 Å². The zero-order chi connectivity index (χ0) is 50.7. The Morgan fingerprint density at radius 3 is 0.743 bits per heavy atom. The fraction of sp³-hybridized carbons (Fsp3) is 0.922. The number of allylic oxidation sites excluding steroid dienone is 2. The van der Waals surface area contributed by atoms with E-state index in [1.165, 1.54) is 257 Å². The van der Waals surface area contributed by atoms with E-state index < -0.39 is 6.10 Å². The highest BCUT2D eigenvalue weighted by Crippen LogP contribution is 2.18. The van der Waals surface area contributed by atoms with E-state index in [4.69, 9.17) is 14.2 Å². The Labute approximate surface area is 437 Å². The van der Waals surface area contributed by atoms with Crippen molar-refractivity contribution in [3.05, 3.63) is 12.2 Å². The molecule has 1 atom stereocenters. The zero-order valence-corrected chi connectivity index (χ0v) is 47.6. The molecule has 0 spiro atoms. The van der Waals surface area contributed by atoms with Gasteiger partial charge in [-0.05, 0) is 44.9 Å². The van der Waals surface area contributed by atoms with Gasteiger partial charge in [-0.15, -0.1) is 0 Å². The van der Waals surface area contributed by atoms with Crippen molar-refractivity contribution in [2.24, 2.45) is 0 Å². The van der Waals surface area contributed by atoms with Crippen molar-refractivity contribution in [2.75, 3.05) is 13.2 Å². The monoisotopic (exact) mass is 987 g/mol. The maximum atomic E-state index is 12.9. The molecular formula is C64H122O6. The van der Waals surface area contributed by atoms with E-state index in [0.717, 1.165) is 64.2 Å². The predicted molar refractivity (Wildman–Crippen MR) is 303 cm³/mol. The predicted octanol–water partition coefficient (Wildman–Crippen LogP) is 21.3. The van der Waals surface area contributed by atoms with Crippen LogP contribution < -0.4 is 0 Å². The van der Waals surface area contributed by atoms with Gasteiger partial charge in [-0.25, -0.2) is 0 Å². The molecule has 0 heterocycles. The summed E-state index contributed by atoms with van der Waals surface area (Å²) in [5, 5.41) is 0. The van der Waals surface area contributed by atoms with Gasteiger partial charge in [-0.2, -0.15) is 0 Å². The molecule has 0 saturated carbocycles. The first-order chi connectivity index (χ1) is 34.5. The Hall–Kier alpha value is -1.85. The largest absolute Gasteiger partial charge is 0.462 e. The molecule has 0 saturated heterocycles. The molecule has 414 valence electrons. The van der Waals surface area contributed by atoms with Gasteiger partial charge < -0.3 is 14.2 Å². The van der Waals surface area contributed by atoms with E-state index in [1.54, 1.807) is 0 Å². The third-order valence-corrected chi connectivity index (χ3v) is 14.5. The number of carbonyl (C=O) groups is 3. The Morgan fingerprint density at radius 2 is 0.471 bits per heavy atom. The molecule has 0 aliphatic heterocycles. The molecule has 0 bridgehead atoms. The normalized spacial score (nSPS) is 12.0. The zero-order valence-electron chi connectivity index (χ0n) is 47.6. The second-order valence-corrected chi connectivity index (χ2v) is 21.7.